The van der Waals surface area contributed by atoms with Crippen molar-refractivity contribution in [3.63, 3.8) is 0 Å². The normalized spacial score (nSPS) is 14.0. The van der Waals surface area contributed by atoms with E-state index < -0.39 is 5.41 Å². The van der Waals surface area contributed by atoms with Gasteiger partial charge in [0.1, 0.15) is 0 Å². The highest BCUT2D eigenvalue weighted by molar-refractivity contribution is 6.01. The molecule has 0 aliphatic heterocycles. The SMILES string of the molecule is CC(C)CCCCCCCCCCCCCCCCCOC(=O)C1(C(=O)OCCCCCCCCCCCCCCCCCC(C)C)CCC1. The molecule has 0 amide bonds. The van der Waals surface area contributed by atoms with Crippen LogP contribution in [0.3, 0.4) is 0 Å². The summed E-state index contributed by atoms with van der Waals surface area (Å²) in [6, 6.07) is 0. The van der Waals surface area contributed by atoms with E-state index in [0.717, 1.165) is 43.9 Å². The summed E-state index contributed by atoms with van der Waals surface area (Å²) in [6.07, 6.45) is 44.6. The van der Waals surface area contributed by atoms with Gasteiger partial charge in [-0.2, -0.15) is 0 Å². The third-order valence-corrected chi connectivity index (χ3v) is 11.3. The number of carbonyl (C=O) groups is 2. The lowest BCUT2D eigenvalue weighted by Crippen LogP contribution is -2.47. The smallest absolute Gasteiger partial charge is 0.323 e. The Hall–Kier alpha value is -1.06. The molecule has 1 saturated carbocycles. The molecule has 50 heavy (non-hydrogen) atoms. The van der Waals surface area contributed by atoms with Crippen molar-refractivity contribution in [1.82, 2.24) is 0 Å². The summed E-state index contributed by atoms with van der Waals surface area (Å²) in [5.41, 5.74) is -1.01. The number of hydrogen-bond donors (Lipinski definition) is 0. The van der Waals surface area contributed by atoms with Gasteiger partial charge in [-0.1, -0.05) is 220 Å². The fraction of sp³-hybridized carbons (Fsp3) is 0.957. The summed E-state index contributed by atoms with van der Waals surface area (Å²) in [7, 11) is 0. The molecule has 0 spiro atoms. The molecule has 0 heterocycles. The van der Waals surface area contributed by atoms with Gasteiger partial charge in [-0.15, -0.1) is 0 Å². The van der Waals surface area contributed by atoms with E-state index >= 15 is 0 Å². The Morgan fingerprint density at radius 2 is 0.600 bits per heavy atom. The van der Waals surface area contributed by atoms with E-state index in [1.165, 1.54) is 180 Å². The maximum atomic E-state index is 12.8. The van der Waals surface area contributed by atoms with Crippen molar-refractivity contribution in [2.45, 2.75) is 252 Å². The molecule has 1 aliphatic rings. The Morgan fingerprint density at radius 1 is 0.380 bits per heavy atom. The fourth-order valence-corrected chi connectivity index (χ4v) is 7.53. The van der Waals surface area contributed by atoms with Crippen LogP contribution in [0.1, 0.15) is 252 Å². The number of ether oxygens (including phenoxy) is 2. The van der Waals surface area contributed by atoms with E-state index in [1.807, 2.05) is 0 Å². The lowest BCUT2D eigenvalue weighted by atomic mass is 9.69. The standard InChI is InChI=1S/C46H88O4/c1-42(2)36-31-27-23-19-15-11-7-5-9-13-17-21-25-29-33-40-49-44(47)46(38-35-39-46)45(48)50-41-34-30-26-22-18-14-10-6-8-12-16-20-24-28-32-37-43(3)4/h42-43H,5-41H2,1-4H3. The summed E-state index contributed by atoms with van der Waals surface area (Å²) in [6.45, 7) is 10.2. The first-order valence-electron chi connectivity index (χ1n) is 22.7. The predicted octanol–water partition coefficient (Wildman–Crippen LogP) is 15.0. The van der Waals surface area contributed by atoms with Crippen molar-refractivity contribution >= 4 is 11.9 Å². The second kappa shape index (κ2) is 33.8. The molecule has 0 aromatic heterocycles. The highest BCUT2D eigenvalue weighted by atomic mass is 16.6. The molecule has 0 atom stereocenters. The van der Waals surface area contributed by atoms with Gasteiger partial charge in [0.25, 0.3) is 0 Å². The number of unbranched alkanes of at least 4 members (excludes halogenated alkanes) is 28. The van der Waals surface area contributed by atoms with Gasteiger partial charge in [0.05, 0.1) is 13.2 Å². The van der Waals surface area contributed by atoms with Gasteiger partial charge in [-0.05, 0) is 43.9 Å². The summed E-state index contributed by atoms with van der Waals surface area (Å²) in [5.74, 6) is 1.05. The van der Waals surface area contributed by atoms with E-state index in [9.17, 15) is 9.59 Å². The van der Waals surface area contributed by atoms with Crippen LogP contribution in [0.25, 0.3) is 0 Å². The Balaban J connectivity index is 1.88. The molecule has 0 aromatic carbocycles. The minimum Gasteiger partial charge on any atom is -0.465 e. The summed E-state index contributed by atoms with van der Waals surface area (Å²) < 4.78 is 11.2. The maximum absolute atomic E-state index is 12.8. The van der Waals surface area contributed by atoms with E-state index in [2.05, 4.69) is 27.7 Å². The molecule has 0 bridgehead atoms. The lowest BCUT2D eigenvalue weighted by Gasteiger charge is -2.36. The van der Waals surface area contributed by atoms with Crippen molar-refractivity contribution in [3.05, 3.63) is 0 Å². The zero-order chi connectivity index (χ0) is 36.4. The Bertz CT molecular complexity index is 697. The average Bonchev–Trinajstić information content (AvgIpc) is 3.06. The molecule has 0 N–H and O–H groups in total. The third kappa shape index (κ3) is 26.7. The Morgan fingerprint density at radius 3 is 0.800 bits per heavy atom. The van der Waals surface area contributed by atoms with Crippen LogP contribution in [-0.2, 0) is 19.1 Å². The Kier molecular flexibility index (Phi) is 31.7. The number of hydrogen-bond acceptors (Lipinski definition) is 4. The van der Waals surface area contributed by atoms with Crippen LogP contribution in [0.4, 0.5) is 0 Å². The van der Waals surface area contributed by atoms with E-state index in [4.69, 9.17) is 9.47 Å². The summed E-state index contributed by atoms with van der Waals surface area (Å²) in [5, 5.41) is 0. The molecule has 0 aromatic rings. The number of carbonyl (C=O) groups excluding carboxylic acids is 2. The molecule has 4 heteroatoms. The number of rotatable bonds is 38. The van der Waals surface area contributed by atoms with Crippen molar-refractivity contribution in [3.8, 4) is 0 Å². The van der Waals surface area contributed by atoms with Crippen molar-refractivity contribution in [2.24, 2.45) is 17.3 Å². The van der Waals surface area contributed by atoms with Crippen LogP contribution in [0, 0.1) is 17.3 Å². The molecule has 0 unspecified atom stereocenters. The van der Waals surface area contributed by atoms with Crippen LogP contribution in [-0.4, -0.2) is 25.2 Å². The molecular formula is C46H88O4. The summed E-state index contributed by atoms with van der Waals surface area (Å²) in [4.78, 5) is 25.7. The van der Waals surface area contributed by atoms with Gasteiger partial charge in [0.15, 0.2) is 5.41 Å². The molecular weight excluding hydrogens is 617 g/mol. The minimum atomic E-state index is -1.01. The quantitative estimate of drug-likeness (QED) is 0.0365. The minimum absolute atomic E-state index is 0.336. The van der Waals surface area contributed by atoms with Crippen molar-refractivity contribution < 1.29 is 19.1 Å². The van der Waals surface area contributed by atoms with Gasteiger partial charge in [-0.3, -0.25) is 9.59 Å². The largest absolute Gasteiger partial charge is 0.465 e. The third-order valence-electron chi connectivity index (χ3n) is 11.3. The van der Waals surface area contributed by atoms with Crippen molar-refractivity contribution in [2.75, 3.05) is 13.2 Å². The first-order chi connectivity index (χ1) is 24.4. The topological polar surface area (TPSA) is 52.6 Å². The number of esters is 2. The Labute approximate surface area is 313 Å². The molecule has 1 aliphatic carbocycles. The zero-order valence-electron chi connectivity index (χ0n) is 34.5. The van der Waals surface area contributed by atoms with Crippen LogP contribution in [0.15, 0.2) is 0 Å². The van der Waals surface area contributed by atoms with E-state index in [1.54, 1.807) is 0 Å². The maximum Gasteiger partial charge on any atom is 0.323 e. The summed E-state index contributed by atoms with van der Waals surface area (Å²) >= 11 is 0. The first-order valence-corrected chi connectivity index (χ1v) is 22.7. The van der Waals surface area contributed by atoms with Crippen LogP contribution < -0.4 is 0 Å². The lowest BCUT2D eigenvalue weighted by molar-refractivity contribution is -0.179. The first kappa shape index (κ1) is 47.0. The highest BCUT2D eigenvalue weighted by Crippen LogP contribution is 2.43. The second-order valence-electron chi connectivity index (χ2n) is 17.2. The van der Waals surface area contributed by atoms with Gasteiger partial charge in [-0.25, -0.2) is 0 Å². The average molecular weight is 705 g/mol. The van der Waals surface area contributed by atoms with Crippen LogP contribution >= 0.6 is 0 Å². The molecule has 1 rings (SSSR count). The molecule has 1 fully saturated rings. The predicted molar refractivity (Wildman–Crippen MR) is 216 cm³/mol. The van der Waals surface area contributed by atoms with Gasteiger partial charge >= 0.3 is 11.9 Å². The molecule has 296 valence electrons. The molecule has 0 radical (unpaired) electrons. The molecule has 0 saturated heterocycles. The van der Waals surface area contributed by atoms with Crippen LogP contribution in [0.5, 0.6) is 0 Å². The van der Waals surface area contributed by atoms with Gasteiger partial charge in [0.2, 0.25) is 0 Å². The highest BCUT2D eigenvalue weighted by Gasteiger charge is 2.53. The van der Waals surface area contributed by atoms with Gasteiger partial charge < -0.3 is 9.47 Å². The second-order valence-corrected chi connectivity index (χ2v) is 17.2. The fourth-order valence-electron chi connectivity index (χ4n) is 7.53. The monoisotopic (exact) mass is 705 g/mol. The zero-order valence-corrected chi connectivity index (χ0v) is 34.5. The van der Waals surface area contributed by atoms with E-state index in [-0.39, 0.29) is 11.9 Å². The van der Waals surface area contributed by atoms with E-state index in [0.29, 0.717) is 26.1 Å². The van der Waals surface area contributed by atoms with Crippen molar-refractivity contribution in [1.29, 1.82) is 0 Å². The van der Waals surface area contributed by atoms with Gasteiger partial charge in [0, 0.05) is 0 Å². The van der Waals surface area contributed by atoms with Crippen LogP contribution in [0.2, 0.25) is 0 Å². The molecule has 4 nitrogen and oxygen atoms in total.